The van der Waals surface area contributed by atoms with Gasteiger partial charge in [-0.05, 0) is 149 Å². The normalized spacial score (nSPS) is 19.1. The number of aromatic nitrogens is 6. The molecule has 4 fully saturated rings. The van der Waals surface area contributed by atoms with Gasteiger partial charge >= 0.3 is 0 Å². The van der Waals surface area contributed by atoms with Crippen LogP contribution in [0.4, 0.5) is 0 Å². The first-order chi connectivity index (χ1) is 30.7. The predicted octanol–water partition coefficient (Wildman–Crippen LogP) is 14.9. The molecule has 0 aliphatic heterocycles. The SMILES string of the molecule is C(=Cc1nc(C=Cc2cccc(C3CCCCC3)n2)c(C=Cc2cccc(C3CCCCC3)n2)nc1C=Cc1cccc(C2CCCCC2)n1)c1cccc(C2CCCCC2)n1. The van der Waals surface area contributed by atoms with Crippen LogP contribution in [0.2, 0.25) is 0 Å². The number of rotatable bonds is 12. The summed E-state index contributed by atoms with van der Waals surface area (Å²) in [5.74, 6) is 2.16. The Morgan fingerprint density at radius 2 is 0.484 bits per heavy atom. The molecule has 0 unspecified atom stereocenters. The van der Waals surface area contributed by atoms with Gasteiger partial charge in [-0.15, -0.1) is 0 Å². The summed E-state index contributed by atoms with van der Waals surface area (Å²) >= 11 is 0. The van der Waals surface area contributed by atoms with Crippen molar-refractivity contribution in [1.82, 2.24) is 29.9 Å². The Hall–Kier alpha value is -5.36. The fourth-order valence-electron chi connectivity index (χ4n) is 10.4. The van der Waals surface area contributed by atoms with Gasteiger partial charge in [0.2, 0.25) is 0 Å². The highest BCUT2D eigenvalue weighted by atomic mass is 14.8. The van der Waals surface area contributed by atoms with Gasteiger partial charge in [0.25, 0.3) is 0 Å². The van der Waals surface area contributed by atoms with Crippen LogP contribution >= 0.6 is 0 Å². The lowest BCUT2D eigenvalue weighted by molar-refractivity contribution is 0.436. The summed E-state index contributed by atoms with van der Waals surface area (Å²) < 4.78 is 0. The summed E-state index contributed by atoms with van der Waals surface area (Å²) in [5.41, 5.74) is 11.7. The minimum atomic E-state index is 0.540. The van der Waals surface area contributed by atoms with E-state index in [1.54, 1.807) is 0 Å². The van der Waals surface area contributed by atoms with Crippen molar-refractivity contribution in [3.63, 3.8) is 0 Å². The topological polar surface area (TPSA) is 77.3 Å². The Morgan fingerprint density at radius 1 is 0.258 bits per heavy atom. The first-order valence-corrected chi connectivity index (χ1v) is 24.2. The zero-order valence-electron chi connectivity index (χ0n) is 36.7. The van der Waals surface area contributed by atoms with Crippen LogP contribution in [0.15, 0.2) is 72.8 Å². The van der Waals surface area contributed by atoms with Crippen LogP contribution in [0.25, 0.3) is 48.6 Å². The van der Waals surface area contributed by atoms with Gasteiger partial charge in [-0.25, -0.2) is 9.97 Å². The molecule has 0 radical (unpaired) electrons. The van der Waals surface area contributed by atoms with E-state index in [1.807, 2.05) is 0 Å². The lowest BCUT2D eigenvalue weighted by Gasteiger charge is -2.21. The molecule has 318 valence electrons. The molecule has 4 aliphatic carbocycles. The fourth-order valence-corrected chi connectivity index (χ4v) is 10.4. The molecule has 0 amide bonds. The monoisotopic (exact) mass is 821 g/mol. The molecule has 0 aromatic carbocycles. The molecule has 62 heavy (non-hydrogen) atoms. The van der Waals surface area contributed by atoms with E-state index in [9.17, 15) is 0 Å². The Balaban J connectivity index is 1.10. The molecular weight excluding hydrogens is 757 g/mol. The Kier molecular flexibility index (Phi) is 14.3. The number of nitrogens with zero attached hydrogens (tertiary/aromatic N) is 6. The lowest BCUT2D eigenvalue weighted by Crippen LogP contribution is -2.07. The van der Waals surface area contributed by atoms with Gasteiger partial charge in [0.1, 0.15) is 0 Å². The van der Waals surface area contributed by atoms with E-state index in [2.05, 4.69) is 121 Å². The largest absolute Gasteiger partial charge is 0.253 e. The van der Waals surface area contributed by atoms with Gasteiger partial charge in [0, 0.05) is 46.4 Å². The average molecular weight is 821 g/mol. The third-order valence-corrected chi connectivity index (χ3v) is 13.9. The minimum Gasteiger partial charge on any atom is -0.253 e. The predicted molar refractivity (Wildman–Crippen MR) is 258 cm³/mol. The smallest absolute Gasteiger partial charge is 0.0895 e. The van der Waals surface area contributed by atoms with Gasteiger partial charge in [0.15, 0.2) is 0 Å². The van der Waals surface area contributed by atoms with Gasteiger partial charge in [-0.3, -0.25) is 19.9 Å². The average Bonchev–Trinajstić information content (AvgIpc) is 3.35. The van der Waals surface area contributed by atoms with Crippen LogP contribution < -0.4 is 0 Å². The van der Waals surface area contributed by atoms with E-state index in [0.717, 1.165) is 45.6 Å². The van der Waals surface area contributed by atoms with Gasteiger partial charge < -0.3 is 0 Å². The Morgan fingerprint density at radius 3 is 0.710 bits per heavy atom. The van der Waals surface area contributed by atoms with Crippen molar-refractivity contribution < 1.29 is 0 Å². The maximum Gasteiger partial charge on any atom is 0.0895 e. The molecule has 0 N–H and O–H groups in total. The quantitative estimate of drug-likeness (QED) is 0.125. The summed E-state index contributed by atoms with van der Waals surface area (Å²) in [4.78, 5) is 31.4. The van der Waals surface area contributed by atoms with E-state index in [4.69, 9.17) is 29.9 Å². The first-order valence-electron chi connectivity index (χ1n) is 24.2. The maximum absolute atomic E-state index is 5.40. The summed E-state index contributed by atoms with van der Waals surface area (Å²) in [7, 11) is 0. The van der Waals surface area contributed by atoms with Crippen LogP contribution in [-0.2, 0) is 0 Å². The van der Waals surface area contributed by atoms with Crippen molar-refractivity contribution in [2.45, 2.75) is 152 Å². The van der Waals surface area contributed by atoms with E-state index in [1.165, 1.54) is 151 Å². The Labute approximate surface area is 370 Å². The highest BCUT2D eigenvalue weighted by Crippen LogP contribution is 2.35. The molecule has 5 heterocycles. The Bertz CT molecular complexity index is 2040. The number of hydrogen-bond donors (Lipinski definition) is 0. The van der Waals surface area contributed by atoms with Crippen LogP contribution in [0.5, 0.6) is 0 Å². The van der Waals surface area contributed by atoms with E-state index < -0.39 is 0 Å². The maximum atomic E-state index is 5.40. The van der Waals surface area contributed by atoms with Crippen molar-refractivity contribution in [3.05, 3.63) is 141 Å². The molecule has 0 bridgehead atoms. The first kappa shape index (κ1) is 42.0. The van der Waals surface area contributed by atoms with Crippen molar-refractivity contribution in [2.24, 2.45) is 0 Å². The van der Waals surface area contributed by atoms with Crippen LogP contribution in [0, 0.1) is 0 Å². The number of pyridine rings is 4. The van der Waals surface area contributed by atoms with Crippen molar-refractivity contribution in [1.29, 1.82) is 0 Å². The third kappa shape index (κ3) is 11.2. The van der Waals surface area contributed by atoms with Crippen LogP contribution in [-0.4, -0.2) is 29.9 Å². The molecule has 0 atom stereocenters. The second-order valence-corrected chi connectivity index (χ2v) is 18.4. The molecule has 6 heteroatoms. The molecule has 6 nitrogen and oxygen atoms in total. The summed E-state index contributed by atoms with van der Waals surface area (Å²) in [6.07, 6.45) is 42.2. The zero-order valence-corrected chi connectivity index (χ0v) is 36.7. The lowest BCUT2D eigenvalue weighted by atomic mass is 9.86. The van der Waals surface area contributed by atoms with Crippen LogP contribution in [0.3, 0.4) is 0 Å². The van der Waals surface area contributed by atoms with E-state index in [-0.39, 0.29) is 0 Å². The second-order valence-electron chi connectivity index (χ2n) is 18.4. The van der Waals surface area contributed by atoms with Gasteiger partial charge in [0.05, 0.1) is 45.6 Å². The number of hydrogen-bond acceptors (Lipinski definition) is 6. The summed E-state index contributed by atoms with van der Waals surface area (Å²) in [6.45, 7) is 0. The van der Waals surface area contributed by atoms with E-state index >= 15 is 0 Å². The highest BCUT2D eigenvalue weighted by molar-refractivity contribution is 5.80. The zero-order chi connectivity index (χ0) is 41.8. The summed E-state index contributed by atoms with van der Waals surface area (Å²) in [6, 6.07) is 25.8. The summed E-state index contributed by atoms with van der Waals surface area (Å²) in [5, 5.41) is 0. The second kappa shape index (κ2) is 21.1. The molecule has 0 saturated heterocycles. The molecule has 5 aromatic heterocycles. The van der Waals surface area contributed by atoms with E-state index in [0.29, 0.717) is 23.7 Å². The van der Waals surface area contributed by atoms with Gasteiger partial charge in [-0.1, -0.05) is 101 Å². The minimum absolute atomic E-state index is 0.540. The molecular formula is C56H64N6. The third-order valence-electron chi connectivity index (χ3n) is 13.9. The fraction of sp³-hybridized carbons (Fsp3) is 0.429. The standard InChI is InChI=1S/C56H64N6/c1-5-17-41(18-6-1)49-29-13-25-45(57-49)33-37-53-54(38-34-46-26-14-30-50(58-46)42-19-7-2-8-20-42)62-56(40-36-48-28-16-32-52(60-48)44-23-11-4-12-24-44)55(61-53)39-35-47-27-15-31-51(59-47)43-21-9-3-10-22-43/h13-16,25-44H,1-12,17-24H2. The van der Waals surface area contributed by atoms with Crippen molar-refractivity contribution in [3.8, 4) is 0 Å². The van der Waals surface area contributed by atoms with Gasteiger partial charge in [-0.2, -0.15) is 0 Å². The molecule has 4 aliphatic rings. The molecule has 0 spiro atoms. The highest BCUT2D eigenvalue weighted by Gasteiger charge is 2.20. The molecule has 9 rings (SSSR count). The molecule has 4 saturated carbocycles. The van der Waals surface area contributed by atoms with Crippen LogP contribution in [0.1, 0.15) is 220 Å². The molecule has 5 aromatic rings. The van der Waals surface area contributed by atoms with Crippen molar-refractivity contribution >= 4 is 48.6 Å². The van der Waals surface area contributed by atoms with Crippen molar-refractivity contribution in [2.75, 3.05) is 0 Å².